The van der Waals surface area contributed by atoms with E-state index in [2.05, 4.69) is 37.3 Å². The minimum Gasteiger partial charge on any atom is -0.220 e. The molecule has 0 radical (unpaired) electrons. The molecule has 1 aliphatic carbocycles. The van der Waals surface area contributed by atoms with Gasteiger partial charge in [0.15, 0.2) is 0 Å². The number of nitriles is 1. The van der Waals surface area contributed by atoms with Crippen molar-refractivity contribution >= 4 is 17.7 Å². The monoisotopic (exact) mass is 244 g/mol. The van der Waals surface area contributed by atoms with Crippen LogP contribution in [0.2, 0.25) is 0 Å². The first kappa shape index (κ1) is 12.2. The molecule has 3 heteroatoms. The summed E-state index contributed by atoms with van der Waals surface area (Å²) in [6, 6.07) is 8.17. The molecule has 0 aliphatic heterocycles. The summed E-state index contributed by atoms with van der Waals surface area (Å²) in [6.45, 7) is 6.47. The Kier molecular flexibility index (Phi) is 3.26. The van der Waals surface area contributed by atoms with E-state index in [4.69, 9.17) is 5.26 Å². The summed E-state index contributed by atoms with van der Waals surface area (Å²) >= 11 is 1.61. The quantitative estimate of drug-likeness (QED) is 0.705. The normalized spacial score (nSPS) is 16.9. The summed E-state index contributed by atoms with van der Waals surface area (Å²) in [7, 11) is 0. The summed E-state index contributed by atoms with van der Waals surface area (Å²) in [5.74, 6) is 0. The van der Waals surface area contributed by atoms with Crippen LogP contribution >= 0.6 is 11.9 Å². The van der Waals surface area contributed by atoms with Crippen molar-refractivity contribution in [1.82, 2.24) is 0 Å². The zero-order valence-corrected chi connectivity index (χ0v) is 11.3. The molecular weight excluding hydrogens is 228 g/mol. The van der Waals surface area contributed by atoms with Crippen LogP contribution in [0.4, 0.5) is 0 Å². The fourth-order valence-corrected chi connectivity index (χ4v) is 2.47. The SMILES string of the molecule is CC(C)(C)S/N=C1/CCc2c(C#N)cccc21. The van der Waals surface area contributed by atoms with Gasteiger partial charge in [0.1, 0.15) is 0 Å². The van der Waals surface area contributed by atoms with E-state index < -0.39 is 0 Å². The summed E-state index contributed by atoms with van der Waals surface area (Å²) in [5.41, 5.74) is 4.27. The smallest absolute Gasteiger partial charge is 0.0994 e. The molecule has 0 amide bonds. The molecule has 0 N–H and O–H groups in total. The first-order valence-electron chi connectivity index (χ1n) is 5.79. The molecule has 0 spiro atoms. The van der Waals surface area contributed by atoms with Gasteiger partial charge in [0.05, 0.1) is 17.3 Å². The second-order valence-corrected chi connectivity index (χ2v) is 6.78. The maximum absolute atomic E-state index is 9.05. The van der Waals surface area contributed by atoms with Crippen LogP contribution in [0.25, 0.3) is 0 Å². The van der Waals surface area contributed by atoms with Crippen molar-refractivity contribution in [1.29, 1.82) is 5.26 Å². The molecular formula is C14H16N2S. The van der Waals surface area contributed by atoms with E-state index in [0.717, 1.165) is 24.1 Å². The van der Waals surface area contributed by atoms with Gasteiger partial charge in [-0.2, -0.15) is 5.26 Å². The first-order chi connectivity index (χ1) is 8.01. The third-order valence-corrected chi connectivity index (χ3v) is 3.51. The molecule has 1 aliphatic rings. The highest BCUT2D eigenvalue weighted by Gasteiger charge is 2.21. The highest BCUT2D eigenvalue weighted by atomic mass is 32.2. The van der Waals surface area contributed by atoms with Gasteiger partial charge >= 0.3 is 0 Å². The van der Waals surface area contributed by atoms with Gasteiger partial charge in [-0.05, 0) is 57.2 Å². The lowest BCUT2D eigenvalue weighted by atomic mass is 10.0. The Morgan fingerprint density at radius 2 is 2.06 bits per heavy atom. The van der Waals surface area contributed by atoms with Crippen LogP contribution in [0.3, 0.4) is 0 Å². The van der Waals surface area contributed by atoms with Crippen LogP contribution in [0.1, 0.15) is 43.9 Å². The zero-order chi connectivity index (χ0) is 12.5. The van der Waals surface area contributed by atoms with Crippen LogP contribution < -0.4 is 0 Å². The van der Waals surface area contributed by atoms with Gasteiger partial charge in [-0.25, -0.2) is 4.40 Å². The van der Waals surface area contributed by atoms with Gasteiger partial charge in [-0.3, -0.25) is 0 Å². The van der Waals surface area contributed by atoms with E-state index in [1.807, 2.05) is 12.1 Å². The molecule has 1 aromatic rings. The Morgan fingerprint density at radius 3 is 2.71 bits per heavy atom. The van der Waals surface area contributed by atoms with Gasteiger partial charge in [-0.1, -0.05) is 12.1 Å². The van der Waals surface area contributed by atoms with Crippen molar-refractivity contribution in [3.05, 3.63) is 34.9 Å². The highest BCUT2D eigenvalue weighted by molar-refractivity contribution is 7.99. The molecule has 0 heterocycles. The van der Waals surface area contributed by atoms with Gasteiger partial charge < -0.3 is 0 Å². The van der Waals surface area contributed by atoms with E-state index in [9.17, 15) is 0 Å². The van der Waals surface area contributed by atoms with Crippen LogP contribution in [0.5, 0.6) is 0 Å². The minimum absolute atomic E-state index is 0.141. The Morgan fingerprint density at radius 1 is 1.29 bits per heavy atom. The van der Waals surface area contributed by atoms with Gasteiger partial charge in [0.25, 0.3) is 0 Å². The van der Waals surface area contributed by atoms with Crippen molar-refractivity contribution in [2.45, 2.75) is 38.4 Å². The maximum Gasteiger partial charge on any atom is 0.0994 e. The summed E-state index contributed by atoms with van der Waals surface area (Å²) in [5, 5.41) is 9.05. The second kappa shape index (κ2) is 4.54. The van der Waals surface area contributed by atoms with Crippen LogP contribution in [-0.2, 0) is 6.42 Å². The molecule has 17 heavy (non-hydrogen) atoms. The lowest BCUT2D eigenvalue weighted by Gasteiger charge is -2.13. The van der Waals surface area contributed by atoms with Crippen molar-refractivity contribution in [2.75, 3.05) is 0 Å². The molecule has 0 bridgehead atoms. The summed E-state index contributed by atoms with van der Waals surface area (Å²) in [4.78, 5) is 0. The fraction of sp³-hybridized carbons (Fsp3) is 0.429. The molecule has 0 unspecified atom stereocenters. The van der Waals surface area contributed by atoms with E-state index in [-0.39, 0.29) is 4.75 Å². The van der Waals surface area contributed by atoms with Crippen molar-refractivity contribution in [3.8, 4) is 6.07 Å². The average Bonchev–Trinajstić information content (AvgIpc) is 2.68. The van der Waals surface area contributed by atoms with Gasteiger partial charge in [0, 0.05) is 10.3 Å². The van der Waals surface area contributed by atoms with E-state index >= 15 is 0 Å². The zero-order valence-electron chi connectivity index (χ0n) is 10.4. The lowest BCUT2D eigenvalue weighted by molar-refractivity contribution is 0.804. The summed E-state index contributed by atoms with van der Waals surface area (Å²) in [6.07, 6.45) is 1.90. The summed E-state index contributed by atoms with van der Waals surface area (Å²) < 4.78 is 4.78. The van der Waals surface area contributed by atoms with E-state index in [1.54, 1.807) is 11.9 Å². The molecule has 0 saturated heterocycles. The van der Waals surface area contributed by atoms with E-state index in [1.165, 1.54) is 11.1 Å². The standard InChI is InChI=1S/C14H16N2S/c1-14(2,3)17-16-13-8-7-11-10(9-15)5-4-6-12(11)13/h4-6H,7-8H2,1-3H3/b16-13-. The van der Waals surface area contributed by atoms with Crippen LogP contribution in [0, 0.1) is 11.3 Å². The van der Waals surface area contributed by atoms with Crippen LogP contribution in [0.15, 0.2) is 22.6 Å². The number of hydrogen-bond donors (Lipinski definition) is 0. The molecule has 0 aromatic heterocycles. The Balaban J connectivity index is 2.32. The third-order valence-electron chi connectivity index (χ3n) is 2.65. The fourth-order valence-electron chi connectivity index (χ4n) is 1.90. The molecule has 0 atom stereocenters. The minimum atomic E-state index is 0.141. The molecule has 0 fully saturated rings. The van der Waals surface area contributed by atoms with Gasteiger partial charge in [-0.15, -0.1) is 0 Å². The van der Waals surface area contributed by atoms with E-state index in [0.29, 0.717) is 0 Å². The highest BCUT2D eigenvalue weighted by Crippen LogP contribution is 2.30. The molecule has 1 aromatic carbocycles. The maximum atomic E-state index is 9.05. The van der Waals surface area contributed by atoms with Crippen molar-refractivity contribution in [3.63, 3.8) is 0 Å². The largest absolute Gasteiger partial charge is 0.220 e. The van der Waals surface area contributed by atoms with Crippen molar-refractivity contribution in [2.24, 2.45) is 4.40 Å². The second-order valence-electron chi connectivity index (χ2n) is 5.19. The molecule has 0 saturated carbocycles. The Bertz CT molecular complexity index is 504. The molecule has 88 valence electrons. The number of fused-ring (bicyclic) bond motifs is 1. The van der Waals surface area contributed by atoms with Crippen LogP contribution in [-0.4, -0.2) is 10.5 Å². The Labute approximate surface area is 107 Å². The number of hydrogen-bond acceptors (Lipinski definition) is 3. The van der Waals surface area contributed by atoms with Crippen molar-refractivity contribution < 1.29 is 0 Å². The number of nitrogens with zero attached hydrogens (tertiary/aromatic N) is 2. The average molecular weight is 244 g/mol. The first-order valence-corrected chi connectivity index (χ1v) is 6.56. The lowest BCUT2D eigenvalue weighted by Crippen LogP contribution is -2.06. The Hall–Kier alpha value is -1.27. The van der Waals surface area contributed by atoms with Gasteiger partial charge in [0.2, 0.25) is 0 Å². The third kappa shape index (κ3) is 2.70. The topological polar surface area (TPSA) is 36.1 Å². The predicted octanol–water partition coefficient (Wildman–Crippen LogP) is 3.74. The number of benzene rings is 1. The number of rotatable bonds is 1. The predicted molar refractivity (Wildman–Crippen MR) is 73.4 cm³/mol. The molecule has 2 nitrogen and oxygen atoms in total. The molecule has 2 rings (SSSR count).